The Kier molecular flexibility index (Phi) is 7.47. The van der Waals surface area contributed by atoms with Crippen molar-refractivity contribution in [3.8, 4) is 17.2 Å². The molecular formula is C17H20O5. The molecule has 0 amide bonds. The van der Waals surface area contributed by atoms with Crippen molar-refractivity contribution in [1.82, 2.24) is 0 Å². The molecule has 118 valence electrons. The van der Waals surface area contributed by atoms with Crippen LogP contribution in [0.5, 0.6) is 17.2 Å². The third kappa shape index (κ3) is 5.83. The average molecular weight is 304 g/mol. The van der Waals surface area contributed by atoms with Crippen molar-refractivity contribution in [1.29, 1.82) is 0 Å². The number of hydrogen-bond donors (Lipinski definition) is 0. The molecule has 0 aliphatic carbocycles. The number of hydrogen-bond acceptors (Lipinski definition) is 5. The highest BCUT2D eigenvalue weighted by atomic mass is 16.6. The maximum Gasteiger partial charge on any atom is 0.335 e. The molecule has 0 radical (unpaired) electrons. The zero-order valence-electron chi connectivity index (χ0n) is 13.0. The molecule has 0 spiro atoms. The lowest BCUT2D eigenvalue weighted by Crippen LogP contribution is -2.09. The lowest BCUT2D eigenvalue weighted by molar-refractivity contribution is -0.131. The Bertz CT molecular complexity index is 572. The summed E-state index contributed by atoms with van der Waals surface area (Å²) >= 11 is 0. The quantitative estimate of drug-likeness (QED) is 0.439. The summed E-state index contributed by atoms with van der Waals surface area (Å²) in [5.74, 6) is -0.276. The van der Waals surface area contributed by atoms with E-state index in [2.05, 4.69) is 0 Å². The zero-order valence-corrected chi connectivity index (χ0v) is 13.0. The normalized spacial score (nSPS) is 10.9. The summed E-state index contributed by atoms with van der Waals surface area (Å²) in [6, 6.07) is 4.71. The van der Waals surface area contributed by atoms with Gasteiger partial charge in [-0.25, -0.2) is 9.59 Å². The molecule has 1 aromatic carbocycles. The van der Waals surface area contributed by atoms with E-state index in [1.807, 2.05) is 6.92 Å². The molecule has 0 bridgehead atoms. The Balaban J connectivity index is 3.01. The Morgan fingerprint density at radius 1 is 1.00 bits per heavy atom. The first-order valence-corrected chi connectivity index (χ1v) is 7.06. The Morgan fingerprint density at radius 2 is 1.59 bits per heavy atom. The van der Waals surface area contributed by atoms with Crippen LogP contribution >= 0.6 is 0 Å². The van der Waals surface area contributed by atoms with Gasteiger partial charge >= 0.3 is 11.9 Å². The van der Waals surface area contributed by atoms with Crippen LogP contribution in [0.2, 0.25) is 0 Å². The Morgan fingerprint density at radius 3 is 2.14 bits per heavy atom. The minimum atomic E-state index is -0.557. The van der Waals surface area contributed by atoms with Crippen LogP contribution in [-0.4, -0.2) is 18.5 Å². The number of allylic oxidation sites excluding steroid dienone is 2. The van der Waals surface area contributed by atoms with E-state index < -0.39 is 11.9 Å². The maximum atomic E-state index is 11.6. The van der Waals surface area contributed by atoms with Gasteiger partial charge in [0.15, 0.2) is 11.5 Å². The molecule has 5 heteroatoms. The summed E-state index contributed by atoms with van der Waals surface area (Å²) < 4.78 is 15.8. The van der Waals surface area contributed by atoms with Crippen LogP contribution in [0.15, 0.2) is 42.5 Å². The van der Waals surface area contributed by atoms with Gasteiger partial charge in [-0.1, -0.05) is 19.1 Å². The Hall–Kier alpha value is -2.56. The minimum Gasteiger partial charge on any atom is -0.493 e. The van der Waals surface area contributed by atoms with E-state index in [4.69, 9.17) is 14.2 Å². The largest absolute Gasteiger partial charge is 0.493 e. The number of rotatable bonds is 7. The lowest BCUT2D eigenvalue weighted by Gasteiger charge is -2.11. The predicted molar refractivity (Wildman–Crippen MR) is 83.1 cm³/mol. The van der Waals surface area contributed by atoms with Crippen molar-refractivity contribution < 1.29 is 23.8 Å². The van der Waals surface area contributed by atoms with Gasteiger partial charge in [0.1, 0.15) is 5.75 Å². The lowest BCUT2D eigenvalue weighted by atomic mass is 10.3. The van der Waals surface area contributed by atoms with E-state index in [-0.39, 0.29) is 11.5 Å². The molecule has 5 nitrogen and oxygen atoms in total. The van der Waals surface area contributed by atoms with Gasteiger partial charge < -0.3 is 14.2 Å². The van der Waals surface area contributed by atoms with Gasteiger partial charge in [0.2, 0.25) is 0 Å². The molecule has 0 aliphatic heterocycles. The highest BCUT2D eigenvalue weighted by Gasteiger charge is 2.13. The van der Waals surface area contributed by atoms with Crippen molar-refractivity contribution in [3.05, 3.63) is 42.5 Å². The van der Waals surface area contributed by atoms with Gasteiger partial charge in [-0.3, -0.25) is 0 Å². The first-order chi connectivity index (χ1) is 10.6. The number of benzene rings is 1. The Labute approximate surface area is 130 Å². The standard InChI is InChI=1S/C17H20O5/c1-4-7-16(18)21-14-10-9-13(20-11-6-3)12-15(14)22-17(19)8-5-2/h4-5,7-10,12H,6,11H2,1-3H3. The van der Waals surface area contributed by atoms with E-state index in [1.54, 1.807) is 32.1 Å². The second-order valence-electron chi connectivity index (χ2n) is 4.30. The summed E-state index contributed by atoms with van der Waals surface area (Å²) in [6.07, 6.45) is 6.53. The molecule has 0 atom stereocenters. The van der Waals surface area contributed by atoms with Crippen molar-refractivity contribution in [2.75, 3.05) is 6.61 Å². The van der Waals surface area contributed by atoms with Gasteiger partial charge in [0.05, 0.1) is 6.61 Å². The molecular weight excluding hydrogens is 284 g/mol. The van der Waals surface area contributed by atoms with Crippen LogP contribution in [0, 0.1) is 0 Å². The third-order valence-corrected chi connectivity index (χ3v) is 2.41. The van der Waals surface area contributed by atoms with E-state index >= 15 is 0 Å². The molecule has 0 heterocycles. The van der Waals surface area contributed by atoms with Gasteiger partial charge in [0.25, 0.3) is 0 Å². The molecule has 0 saturated heterocycles. The van der Waals surface area contributed by atoms with Gasteiger partial charge in [0, 0.05) is 18.2 Å². The number of carbonyl (C=O) groups excluding carboxylic acids is 2. The van der Waals surface area contributed by atoms with Crippen LogP contribution < -0.4 is 14.2 Å². The predicted octanol–water partition coefficient (Wildman–Crippen LogP) is 3.44. The molecule has 22 heavy (non-hydrogen) atoms. The number of esters is 2. The maximum absolute atomic E-state index is 11.6. The summed E-state index contributed by atoms with van der Waals surface area (Å²) in [7, 11) is 0. The van der Waals surface area contributed by atoms with Crippen LogP contribution in [0.1, 0.15) is 27.2 Å². The SMILES string of the molecule is CC=CC(=O)Oc1ccc(OCCC)cc1OC(=O)C=CC. The van der Waals surface area contributed by atoms with Crippen LogP contribution in [0.4, 0.5) is 0 Å². The van der Waals surface area contributed by atoms with Crippen LogP contribution in [-0.2, 0) is 9.59 Å². The molecule has 1 rings (SSSR count). The molecule has 0 unspecified atom stereocenters. The fourth-order valence-corrected chi connectivity index (χ4v) is 1.52. The van der Waals surface area contributed by atoms with Gasteiger partial charge in [-0.2, -0.15) is 0 Å². The van der Waals surface area contributed by atoms with E-state index in [0.29, 0.717) is 12.4 Å². The zero-order chi connectivity index (χ0) is 16.4. The monoisotopic (exact) mass is 304 g/mol. The molecule has 0 fully saturated rings. The second kappa shape index (κ2) is 9.39. The fraction of sp³-hybridized carbons (Fsp3) is 0.294. The number of ether oxygens (including phenoxy) is 3. The van der Waals surface area contributed by atoms with Crippen molar-refractivity contribution in [3.63, 3.8) is 0 Å². The molecule has 0 saturated carbocycles. The van der Waals surface area contributed by atoms with Crippen LogP contribution in [0.3, 0.4) is 0 Å². The first kappa shape index (κ1) is 17.5. The van der Waals surface area contributed by atoms with Gasteiger partial charge in [-0.15, -0.1) is 0 Å². The van der Waals surface area contributed by atoms with Crippen LogP contribution in [0.25, 0.3) is 0 Å². The molecule has 0 aliphatic rings. The van der Waals surface area contributed by atoms with Crippen molar-refractivity contribution >= 4 is 11.9 Å². The van der Waals surface area contributed by atoms with E-state index in [0.717, 1.165) is 6.42 Å². The van der Waals surface area contributed by atoms with Crippen molar-refractivity contribution in [2.45, 2.75) is 27.2 Å². The average Bonchev–Trinajstić information content (AvgIpc) is 2.48. The summed E-state index contributed by atoms with van der Waals surface area (Å²) in [5, 5.41) is 0. The number of carbonyl (C=O) groups is 2. The van der Waals surface area contributed by atoms with E-state index in [1.165, 1.54) is 24.3 Å². The summed E-state index contributed by atoms with van der Waals surface area (Å²) in [4.78, 5) is 23.1. The molecule has 1 aromatic rings. The first-order valence-electron chi connectivity index (χ1n) is 7.06. The molecule has 0 aromatic heterocycles. The van der Waals surface area contributed by atoms with Gasteiger partial charge in [-0.05, 0) is 32.4 Å². The fourth-order valence-electron chi connectivity index (χ4n) is 1.52. The van der Waals surface area contributed by atoms with E-state index in [9.17, 15) is 9.59 Å². The summed E-state index contributed by atoms with van der Waals surface area (Å²) in [6.45, 7) is 5.94. The third-order valence-electron chi connectivity index (χ3n) is 2.41. The van der Waals surface area contributed by atoms with Crippen molar-refractivity contribution in [2.24, 2.45) is 0 Å². The highest BCUT2D eigenvalue weighted by molar-refractivity contribution is 5.86. The smallest absolute Gasteiger partial charge is 0.335 e. The second-order valence-corrected chi connectivity index (χ2v) is 4.30. The topological polar surface area (TPSA) is 61.8 Å². The molecule has 0 N–H and O–H groups in total. The highest BCUT2D eigenvalue weighted by Crippen LogP contribution is 2.32. The minimum absolute atomic E-state index is 0.134. The summed E-state index contributed by atoms with van der Waals surface area (Å²) in [5.41, 5.74) is 0.